The minimum absolute atomic E-state index is 0.0565. The van der Waals surface area contributed by atoms with E-state index in [9.17, 15) is 9.59 Å². The van der Waals surface area contributed by atoms with Crippen molar-refractivity contribution in [2.24, 2.45) is 0 Å². The first-order chi connectivity index (χ1) is 15.7. The molecule has 1 amide bonds. The van der Waals surface area contributed by atoms with Crippen LogP contribution < -0.4 is 14.8 Å². The highest BCUT2D eigenvalue weighted by Gasteiger charge is 2.39. The molecule has 0 unspecified atom stereocenters. The molecule has 2 aromatic carbocycles. The van der Waals surface area contributed by atoms with Gasteiger partial charge in [-0.25, -0.2) is 0 Å². The van der Waals surface area contributed by atoms with E-state index in [4.69, 9.17) is 9.47 Å². The molecule has 0 saturated carbocycles. The van der Waals surface area contributed by atoms with Crippen LogP contribution in [-0.4, -0.2) is 25.4 Å². The molecule has 0 spiro atoms. The molecule has 2 aliphatic rings. The number of hydrogen-bond donors (Lipinski definition) is 1. The largest absolute Gasteiger partial charge is 0.493 e. The quantitative estimate of drug-likeness (QED) is 0.667. The van der Waals surface area contributed by atoms with Gasteiger partial charge in [-0.3, -0.25) is 9.59 Å². The van der Waals surface area contributed by atoms with Crippen molar-refractivity contribution in [2.45, 2.75) is 64.2 Å². The van der Waals surface area contributed by atoms with Gasteiger partial charge in [0.05, 0.1) is 13.7 Å². The van der Waals surface area contributed by atoms with E-state index in [0.717, 1.165) is 16.8 Å². The average molecular weight is 448 g/mol. The maximum absolute atomic E-state index is 13.5. The van der Waals surface area contributed by atoms with Crippen LogP contribution in [0.25, 0.3) is 0 Å². The Hall–Kier alpha value is -3.08. The number of ether oxygens (including phenoxy) is 2. The number of nitrogens with one attached hydrogen (secondary N) is 1. The lowest BCUT2D eigenvalue weighted by Gasteiger charge is -2.35. The summed E-state index contributed by atoms with van der Waals surface area (Å²) in [5, 5.41) is 3.01. The molecule has 1 N–H and O–H groups in total. The van der Waals surface area contributed by atoms with E-state index in [-0.39, 0.29) is 35.4 Å². The van der Waals surface area contributed by atoms with Crippen LogP contribution in [0.4, 0.5) is 0 Å². The van der Waals surface area contributed by atoms with Crippen molar-refractivity contribution in [3.8, 4) is 11.5 Å². The van der Waals surface area contributed by atoms with Crippen molar-refractivity contribution >= 4 is 11.7 Å². The molecule has 174 valence electrons. The van der Waals surface area contributed by atoms with E-state index >= 15 is 0 Å². The molecule has 5 heteroatoms. The lowest BCUT2D eigenvalue weighted by molar-refractivity contribution is -0.122. The monoisotopic (exact) mass is 447 g/mol. The number of carbonyl (C=O) groups is 2. The summed E-state index contributed by atoms with van der Waals surface area (Å²) >= 11 is 0. The standard InChI is InChI=1S/C28H33NO4/c1-6-33-27-20(8-7-9-24(27)32-5)21-16-25(31)29-22-14-18(15-23(30)26(21)22)17-10-12-19(13-11-17)28(2,3)4/h7-13,18,21H,6,14-16H2,1-5H3,(H,29,31)/t18-,21+/m0/s1. The average Bonchev–Trinajstić information content (AvgIpc) is 2.78. The fourth-order valence-electron chi connectivity index (χ4n) is 4.98. The molecule has 2 aromatic rings. The molecule has 0 fully saturated rings. The van der Waals surface area contributed by atoms with E-state index in [1.54, 1.807) is 7.11 Å². The number of hydrogen-bond acceptors (Lipinski definition) is 4. The summed E-state index contributed by atoms with van der Waals surface area (Å²) in [6.45, 7) is 8.95. The SMILES string of the molecule is CCOc1c(OC)cccc1[C@H]1CC(=O)NC2=C1C(=O)C[C@@H](c1ccc(C(C)(C)C)cc1)C2. The van der Waals surface area contributed by atoms with Crippen LogP contribution in [-0.2, 0) is 15.0 Å². The minimum Gasteiger partial charge on any atom is -0.493 e. The molecule has 0 radical (unpaired) electrons. The summed E-state index contributed by atoms with van der Waals surface area (Å²) in [7, 11) is 1.60. The van der Waals surface area contributed by atoms with Crippen LogP contribution in [0.2, 0.25) is 0 Å². The first-order valence-electron chi connectivity index (χ1n) is 11.7. The number of benzene rings is 2. The van der Waals surface area contributed by atoms with Gasteiger partial charge in [0.15, 0.2) is 17.3 Å². The molecule has 4 rings (SSSR count). The third kappa shape index (κ3) is 4.54. The molecule has 1 heterocycles. The van der Waals surface area contributed by atoms with Gasteiger partial charge in [0.1, 0.15) is 0 Å². The highest BCUT2D eigenvalue weighted by Crippen LogP contribution is 2.46. The molecular formula is C28H33NO4. The van der Waals surface area contributed by atoms with Crippen LogP contribution in [0.1, 0.15) is 75.5 Å². The summed E-state index contributed by atoms with van der Waals surface area (Å²) in [5.74, 6) is 0.976. The second kappa shape index (κ2) is 9.05. The van der Waals surface area contributed by atoms with Gasteiger partial charge in [-0.05, 0) is 41.9 Å². The fourth-order valence-corrected chi connectivity index (χ4v) is 4.98. The number of carbonyl (C=O) groups excluding carboxylic acids is 2. The molecule has 2 atom stereocenters. The van der Waals surface area contributed by atoms with Gasteiger partial charge in [0.2, 0.25) is 5.91 Å². The Labute approximate surface area is 196 Å². The first-order valence-corrected chi connectivity index (χ1v) is 11.7. The van der Waals surface area contributed by atoms with Crippen LogP contribution in [0.5, 0.6) is 11.5 Å². The molecule has 0 aromatic heterocycles. The Morgan fingerprint density at radius 2 is 1.73 bits per heavy atom. The Morgan fingerprint density at radius 3 is 2.36 bits per heavy atom. The van der Waals surface area contributed by atoms with Crippen LogP contribution in [0, 0.1) is 0 Å². The van der Waals surface area contributed by atoms with E-state index in [1.807, 2.05) is 25.1 Å². The fraction of sp³-hybridized carbons (Fsp3) is 0.429. The number of rotatable bonds is 5. The van der Waals surface area contributed by atoms with Crippen LogP contribution >= 0.6 is 0 Å². The predicted octanol–water partition coefficient (Wildman–Crippen LogP) is 5.40. The Balaban J connectivity index is 1.70. The summed E-state index contributed by atoms with van der Waals surface area (Å²) in [4.78, 5) is 26.2. The van der Waals surface area contributed by atoms with Crippen molar-refractivity contribution < 1.29 is 19.1 Å². The molecular weight excluding hydrogens is 414 g/mol. The molecule has 5 nitrogen and oxygen atoms in total. The first kappa shape index (κ1) is 23.1. The van der Waals surface area contributed by atoms with Crippen LogP contribution in [0.15, 0.2) is 53.7 Å². The van der Waals surface area contributed by atoms with E-state index < -0.39 is 0 Å². The van der Waals surface area contributed by atoms with Gasteiger partial charge < -0.3 is 14.8 Å². The van der Waals surface area contributed by atoms with Gasteiger partial charge in [-0.1, -0.05) is 57.2 Å². The highest BCUT2D eigenvalue weighted by atomic mass is 16.5. The predicted molar refractivity (Wildman–Crippen MR) is 129 cm³/mol. The normalized spacial score (nSPS) is 20.9. The Kier molecular flexibility index (Phi) is 6.33. The molecule has 0 bridgehead atoms. The third-order valence-electron chi connectivity index (χ3n) is 6.68. The van der Waals surface area contributed by atoms with Gasteiger partial charge in [-0.15, -0.1) is 0 Å². The number of ketones is 1. The highest BCUT2D eigenvalue weighted by molar-refractivity contribution is 6.02. The summed E-state index contributed by atoms with van der Waals surface area (Å²) in [5.41, 5.74) is 4.78. The summed E-state index contributed by atoms with van der Waals surface area (Å²) in [6.07, 6.45) is 1.31. The second-order valence-corrected chi connectivity index (χ2v) is 9.91. The van der Waals surface area contributed by atoms with Crippen molar-refractivity contribution in [3.05, 3.63) is 70.4 Å². The van der Waals surface area contributed by atoms with E-state index in [2.05, 4.69) is 50.4 Å². The smallest absolute Gasteiger partial charge is 0.225 e. The van der Waals surface area contributed by atoms with E-state index in [0.29, 0.717) is 36.5 Å². The summed E-state index contributed by atoms with van der Waals surface area (Å²) < 4.78 is 11.4. The number of amides is 1. The topological polar surface area (TPSA) is 64.6 Å². The van der Waals surface area contributed by atoms with Gasteiger partial charge in [0, 0.05) is 35.6 Å². The zero-order valence-electron chi connectivity index (χ0n) is 20.2. The Bertz CT molecular complexity index is 1090. The zero-order valence-corrected chi connectivity index (χ0v) is 20.2. The van der Waals surface area contributed by atoms with Crippen molar-refractivity contribution in [1.29, 1.82) is 0 Å². The maximum atomic E-state index is 13.5. The van der Waals surface area contributed by atoms with Crippen LogP contribution in [0.3, 0.4) is 0 Å². The maximum Gasteiger partial charge on any atom is 0.225 e. The van der Waals surface area contributed by atoms with Gasteiger partial charge in [0.25, 0.3) is 0 Å². The number of methoxy groups -OCH3 is 1. The molecule has 33 heavy (non-hydrogen) atoms. The molecule has 1 aliphatic carbocycles. The zero-order chi connectivity index (χ0) is 23.8. The number of para-hydroxylation sites is 1. The molecule has 0 saturated heterocycles. The van der Waals surface area contributed by atoms with Crippen molar-refractivity contribution in [3.63, 3.8) is 0 Å². The van der Waals surface area contributed by atoms with E-state index in [1.165, 1.54) is 5.56 Å². The third-order valence-corrected chi connectivity index (χ3v) is 6.68. The molecule has 1 aliphatic heterocycles. The van der Waals surface area contributed by atoms with Crippen molar-refractivity contribution in [2.75, 3.05) is 13.7 Å². The lowest BCUT2D eigenvalue weighted by Crippen LogP contribution is -2.38. The number of Topliss-reactive ketones (excluding diaryl/α,β-unsaturated/α-hetero) is 1. The number of allylic oxidation sites excluding steroid dienone is 2. The lowest BCUT2D eigenvalue weighted by atomic mass is 9.73. The minimum atomic E-state index is -0.331. The van der Waals surface area contributed by atoms with Gasteiger partial charge >= 0.3 is 0 Å². The Morgan fingerprint density at radius 1 is 1.00 bits per heavy atom. The van der Waals surface area contributed by atoms with Crippen molar-refractivity contribution in [1.82, 2.24) is 5.32 Å². The van der Waals surface area contributed by atoms with Gasteiger partial charge in [-0.2, -0.15) is 0 Å². The second-order valence-electron chi connectivity index (χ2n) is 9.91. The summed E-state index contributed by atoms with van der Waals surface area (Å²) in [6, 6.07) is 14.2.